The summed E-state index contributed by atoms with van der Waals surface area (Å²) in [5.74, 6) is 0.347. The number of hydrogen-bond acceptors (Lipinski definition) is 7. The summed E-state index contributed by atoms with van der Waals surface area (Å²) in [5, 5.41) is 2.80. The summed E-state index contributed by atoms with van der Waals surface area (Å²) in [7, 11) is 0.137. The third kappa shape index (κ3) is 7.98. The second kappa shape index (κ2) is 14.8. The van der Waals surface area contributed by atoms with Crippen molar-refractivity contribution in [3.05, 3.63) is 77.4 Å². The Hall–Kier alpha value is -4.25. The van der Waals surface area contributed by atoms with E-state index in [4.69, 9.17) is 14.2 Å². The Labute approximate surface area is 254 Å². The number of likely N-dealkylation sites (N-methyl/N-ethyl adjacent to an activating group) is 1. The van der Waals surface area contributed by atoms with Crippen molar-refractivity contribution < 1.29 is 32.2 Å². The van der Waals surface area contributed by atoms with Gasteiger partial charge in [-0.25, -0.2) is 8.42 Å². The molecule has 3 aromatic rings. The lowest BCUT2D eigenvalue weighted by atomic mass is 10.1. The lowest BCUT2D eigenvalue weighted by Gasteiger charge is -2.33. The molecule has 3 rings (SSSR count). The largest absolute Gasteiger partial charge is 0.497 e. The molecule has 0 aliphatic carbocycles. The smallest absolute Gasteiger partial charge is 0.264 e. The standard InChI is InChI=1S/C32H41N3O7S/c1-8-28(32(37)33-9-2)34(20-24-11-10-12-26(18-24)40-5)31(36)21-35(25-16-22(3)15-23(4)17-25)43(38,39)27-13-14-29(41-6)30(19-27)42-7/h10-19,28H,8-9,20-21H2,1-7H3,(H,33,37). The number of hydrogen-bond donors (Lipinski definition) is 1. The normalized spacial score (nSPS) is 11.8. The zero-order valence-electron chi connectivity index (χ0n) is 25.8. The van der Waals surface area contributed by atoms with E-state index in [2.05, 4.69) is 5.32 Å². The Balaban J connectivity index is 2.14. The van der Waals surface area contributed by atoms with Crippen molar-refractivity contribution in [2.45, 2.75) is 51.6 Å². The first-order valence-electron chi connectivity index (χ1n) is 14.0. The van der Waals surface area contributed by atoms with Crippen molar-refractivity contribution in [1.29, 1.82) is 0 Å². The van der Waals surface area contributed by atoms with E-state index in [0.29, 0.717) is 30.2 Å². The summed E-state index contributed by atoms with van der Waals surface area (Å²) in [6, 6.07) is 16.0. The van der Waals surface area contributed by atoms with Gasteiger partial charge in [0.25, 0.3) is 10.0 Å². The molecule has 10 nitrogen and oxygen atoms in total. The summed E-state index contributed by atoms with van der Waals surface area (Å²) in [6.07, 6.45) is 0.327. The molecule has 0 aliphatic heterocycles. The van der Waals surface area contributed by atoms with Crippen LogP contribution in [0.25, 0.3) is 0 Å². The van der Waals surface area contributed by atoms with Gasteiger partial charge >= 0.3 is 0 Å². The van der Waals surface area contributed by atoms with Crippen LogP contribution in [0.4, 0.5) is 5.69 Å². The molecule has 0 fully saturated rings. The maximum atomic E-state index is 14.3. The van der Waals surface area contributed by atoms with Crippen molar-refractivity contribution in [1.82, 2.24) is 10.2 Å². The fourth-order valence-corrected chi connectivity index (χ4v) is 6.32. The van der Waals surface area contributed by atoms with Gasteiger partial charge in [0.1, 0.15) is 18.3 Å². The van der Waals surface area contributed by atoms with Gasteiger partial charge in [-0.05, 0) is 80.3 Å². The highest BCUT2D eigenvalue weighted by Crippen LogP contribution is 2.33. The summed E-state index contributed by atoms with van der Waals surface area (Å²) in [6.45, 7) is 7.25. The Morgan fingerprint density at radius 1 is 0.860 bits per heavy atom. The monoisotopic (exact) mass is 611 g/mol. The number of nitrogens with one attached hydrogen (secondary N) is 1. The molecular formula is C32H41N3O7S. The predicted octanol–water partition coefficient (Wildman–Crippen LogP) is 4.47. The van der Waals surface area contributed by atoms with Crippen LogP contribution < -0.4 is 23.8 Å². The molecule has 1 atom stereocenters. The van der Waals surface area contributed by atoms with Crippen LogP contribution in [0.3, 0.4) is 0 Å². The van der Waals surface area contributed by atoms with Crippen LogP contribution in [0.5, 0.6) is 17.2 Å². The van der Waals surface area contributed by atoms with Crippen LogP contribution in [0.15, 0.2) is 65.6 Å². The highest BCUT2D eigenvalue weighted by atomic mass is 32.2. The van der Waals surface area contributed by atoms with Crippen molar-refractivity contribution >= 4 is 27.5 Å². The van der Waals surface area contributed by atoms with Crippen LogP contribution >= 0.6 is 0 Å². The SMILES string of the molecule is CCNC(=O)C(CC)N(Cc1cccc(OC)c1)C(=O)CN(c1cc(C)cc(C)c1)S(=O)(=O)c1ccc(OC)c(OC)c1. The number of anilines is 1. The molecule has 2 amide bonds. The molecule has 1 N–H and O–H groups in total. The van der Waals surface area contributed by atoms with E-state index in [1.807, 2.05) is 32.9 Å². The second-order valence-electron chi connectivity index (χ2n) is 10.1. The van der Waals surface area contributed by atoms with Crippen molar-refractivity contribution in [2.24, 2.45) is 0 Å². The average Bonchev–Trinajstić information content (AvgIpc) is 2.98. The predicted molar refractivity (Wildman–Crippen MR) is 166 cm³/mol. The van der Waals surface area contributed by atoms with Crippen LogP contribution in [-0.4, -0.2) is 65.6 Å². The van der Waals surface area contributed by atoms with Gasteiger partial charge < -0.3 is 24.4 Å². The Bertz CT molecular complexity index is 1520. The molecule has 0 bridgehead atoms. The molecule has 1 unspecified atom stereocenters. The second-order valence-corrected chi connectivity index (χ2v) is 11.9. The number of rotatable bonds is 14. The number of amides is 2. The average molecular weight is 612 g/mol. The van der Waals surface area contributed by atoms with Gasteiger partial charge in [-0.15, -0.1) is 0 Å². The molecular weight excluding hydrogens is 570 g/mol. The first-order chi connectivity index (χ1) is 20.5. The summed E-state index contributed by atoms with van der Waals surface area (Å²) < 4.78 is 45.6. The third-order valence-electron chi connectivity index (χ3n) is 6.94. The summed E-state index contributed by atoms with van der Waals surface area (Å²) in [5.41, 5.74) is 2.72. The quantitative estimate of drug-likeness (QED) is 0.286. The van der Waals surface area contributed by atoms with Crippen molar-refractivity contribution in [2.75, 3.05) is 38.7 Å². The highest BCUT2D eigenvalue weighted by molar-refractivity contribution is 7.92. The molecule has 0 heterocycles. The van der Waals surface area contributed by atoms with Gasteiger partial charge in [-0.3, -0.25) is 13.9 Å². The molecule has 232 valence electrons. The van der Waals surface area contributed by atoms with Gasteiger partial charge in [0.15, 0.2) is 11.5 Å². The van der Waals surface area contributed by atoms with Crippen LogP contribution in [0.2, 0.25) is 0 Å². The van der Waals surface area contributed by atoms with Gasteiger partial charge in [0.05, 0.1) is 31.9 Å². The summed E-state index contributed by atoms with van der Waals surface area (Å²) >= 11 is 0. The van der Waals surface area contributed by atoms with Gasteiger partial charge in [0, 0.05) is 19.2 Å². The van der Waals surface area contributed by atoms with E-state index in [0.717, 1.165) is 21.0 Å². The first kappa shape index (κ1) is 33.3. The molecule has 0 aliphatic rings. The number of ether oxygens (including phenoxy) is 3. The Morgan fingerprint density at radius 2 is 1.53 bits per heavy atom. The number of methoxy groups -OCH3 is 3. The maximum absolute atomic E-state index is 14.3. The third-order valence-corrected chi connectivity index (χ3v) is 8.71. The fraction of sp³-hybridized carbons (Fsp3) is 0.375. The number of sulfonamides is 1. The van der Waals surface area contributed by atoms with E-state index < -0.39 is 28.5 Å². The first-order valence-corrected chi connectivity index (χ1v) is 15.5. The lowest BCUT2D eigenvalue weighted by Crippen LogP contribution is -2.52. The minimum absolute atomic E-state index is 0.0722. The molecule has 43 heavy (non-hydrogen) atoms. The molecule has 11 heteroatoms. The number of benzene rings is 3. The van der Waals surface area contributed by atoms with E-state index in [1.54, 1.807) is 44.4 Å². The number of nitrogens with zero attached hydrogens (tertiary/aromatic N) is 2. The van der Waals surface area contributed by atoms with Crippen LogP contribution in [-0.2, 0) is 26.2 Å². The molecule has 0 saturated heterocycles. The van der Waals surface area contributed by atoms with Gasteiger partial charge in [-0.1, -0.05) is 25.1 Å². The minimum atomic E-state index is -4.29. The van der Waals surface area contributed by atoms with Crippen molar-refractivity contribution in [3.63, 3.8) is 0 Å². The Morgan fingerprint density at radius 3 is 2.12 bits per heavy atom. The number of carbonyl (C=O) groups is 2. The molecule has 0 spiro atoms. The summed E-state index contributed by atoms with van der Waals surface area (Å²) in [4.78, 5) is 28.7. The molecule has 0 aromatic heterocycles. The van der Waals surface area contributed by atoms with E-state index in [1.165, 1.54) is 37.3 Å². The Kier molecular flexibility index (Phi) is 11.4. The number of aryl methyl sites for hydroxylation is 2. The number of carbonyl (C=O) groups excluding carboxylic acids is 2. The zero-order chi connectivity index (χ0) is 31.7. The van der Waals surface area contributed by atoms with E-state index in [-0.39, 0.29) is 23.1 Å². The van der Waals surface area contributed by atoms with Crippen molar-refractivity contribution in [3.8, 4) is 17.2 Å². The highest BCUT2D eigenvalue weighted by Gasteiger charge is 2.34. The lowest BCUT2D eigenvalue weighted by molar-refractivity contribution is -0.140. The van der Waals surface area contributed by atoms with Gasteiger partial charge in [0.2, 0.25) is 11.8 Å². The molecule has 0 saturated carbocycles. The van der Waals surface area contributed by atoms with Crippen LogP contribution in [0.1, 0.15) is 37.0 Å². The maximum Gasteiger partial charge on any atom is 0.264 e. The molecule has 3 aromatic carbocycles. The zero-order valence-corrected chi connectivity index (χ0v) is 26.7. The van der Waals surface area contributed by atoms with E-state index >= 15 is 0 Å². The molecule has 0 radical (unpaired) electrons. The minimum Gasteiger partial charge on any atom is -0.497 e. The fourth-order valence-electron chi connectivity index (χ4n) is 4.91. The van der Waals surface area contributed by atoms with Gasteiger partial charge in [-0.2, -0.15) is 0 Å². The van der Waals surface area contributed by atoms with Crippen LogP contribution in [0, 0.1) is 13.8 Å². The topological polar surface area (TPSA) is 114 Å². The van der Waals surface area contributed by atoms with E-state index in [9.17, 15) is 18.0 Å².